The van der Waals surface area contributed by atoms with Gasteiger partial charge < -0.3 is 9.09 Å². The molecule has 0 saturated carbocycles. The largest absolute Gasteiger partial charge is 0.334 e. The van der Waals surface area contributed by atoms with Crippen LogP contribution in [0.5, 0.6) is 0 Å². The minimum Gasteiger partial charge on any atom is -0.334 e. The highest BCUT2D eigenvalue weighted by molar-refractivity contribution is 9.10. The highest BCUT2D eigenvalue weighted by Crippen LogP contribution is 2.21. The summed E-state index contributed by atoms with van der Waals surface area (Å²) in [7, 11) is 0. The molecule has 0 N–H and O–H groups in total. The molecule has 0 spiro atoms. The van der Waals surface area contributed by atoms with Crippen LogP contribution in [0.4, 0.5) is 0 Å². The van der Waals surface area contributed by atoms with E-state index < -0.39 is 0 Å². The Morgan fingerprint density at radius 1 is 1.24 bits per heavy atom. The highest BCUT2D eigenvalue weighted by Gasteiger charge is 2.11. The Morgan fingerprint density at radius 2 is 2.05 bits per heavy atom. The average Bonchev–Trinajstić information content (AvgIpc) is 2.92. The van der Waals surface area contributed by atoms with Gasteiger partial charge in [0.1, 0.15) is 0 Å². The minimum atomic E-state index is -0.111. The van der Waals surface area contributed by atoms with Gasteiger partial charge in [-0.15, -0.1) is 0 Å². The second-order valence-electron chi connectivity index (χ2n) is 4.64. The molecule has 2 aromatic heterocycles. The molecule has 0 saturated heterocycles. The van der Waals surface area contributed by atoms with E-state index in [9.17, 15) is 4.79 Å². The van der Waals surface area contributed by atoms with Crippen molar-refractivity contribution in [2.75, 3.05) is 0 Å². The van der Waals surface area contributed by atoms with Crippen LogP contribution in [0.25, 0.3) is 11.5 Å². The van der Waals surface area contributed by atoms with Crippen molar-refractivity contribution >= 4 is 15.9 Å². The molecule has 106 valence electrons. The SMILES string of the molecule is Cc1ccccc1-c1nc(Cn2cc(Br)ccc2=O)no1. The molecule has 6 heteroatoms. The maximum Gasteiger partial charge on any atom is 0.258 e. The Hall–Kier alpha value is -2.21. The molecule has 0 aliphatic heterocycles. The van der Waals surface area contributed by atoms with Crippen molar-refractivity contribution in [2.45, 2.75) is 13.5 Å². The lowest BCUT2D eigenvalue weighted by Crippen LogP contribution is -2.19. The summed E-state index contributed by atoms with van der Waals surface area (Å²) in [6.45, 7) is 2.26. The average molecular weight is 346 g/mol. The van der Waals surface area contributed by atoms with Crippen LogP contribution in [0.3, 0.4) is 0 Å². The van der Waals surface area contributed by atoms with E-state index in [1.807, 2.05) is 31.2 Å². The van der Waals surface area contributed by atoms with E-state index in [0.717, 1.165) is 15.6 Å². The van der Waals surface area contributed by atoms with Gasteiger partial charge in [0, 0.05) is 22.3 Å². The highest BCUT2D eigenvalue weighted by atomic mass is 79.9. The normalized spacial score (nSPS) is 10.8. The molecular weight excluding hydrogens is 334 g/mol. The lowest BCUT2D eigenvalue weighted by atomic mass is 10.1. The fourth-order valence-electron chi connectivity index (χ4n) is 2.02. The molecule has 0 atom stereocenters. The standard InChI is InChI=1S/C15H12BrN3O2/c1-10-4-2-3-5-12(10)15-17-13(18-21-15)9-19-8-11(16)6-7-14(19)20/h2-8H,9H2,1H3. The number of pyridine rings is 1. The fourth-order valence-corrected chi connectivity index (χ4v) is 2.40. The first-order chi connectivity index (χ1) is 10.1. The third kappa shape index (κ3) is 2.95. The topological polar surface area (TPSA) is 60.9 Å². The van der Waals surface area contributed by atoms with Crippen molar-refractivity contribution < 1.29 is 4.52 Å². The number of hydrogen-bond acceptors (Lipinski definition) is 4. The molecule has 0 amide bonds. The number of aromatic nitrogens is 3. The van der Waals surface area contributed by atoms with Crippen LogP contribution < -0.4 is 5.56 Å². The summed E-state index contributed by atoms with van der Waals surface area (Å²) in [5.41, 5.74) is 1.85. The summed E-state index contributed by atoms with van der Waals surface area (Å²) >= 11 is 3.34. The maximum absolute atomic E-state index is 11.8. The maximum atomic E-state index is 11.8. The Morgan fingerprint density at radius 3 is 2.86 bits per heavy atom. The van der Waals surface area contributed by atoms with Crippen molar-refractivity contribution in [3.8, 4) is 11.5 Å². The third-order valence-corrected chi connectivity index (χ3v) is 3.57. The molecule has 21 heavy (non-hydrogen) atoms. The zero-order valence-corrected chi connectivity index (χ0v) is 12.9. The predicted molar refractivity (Wildman–Crippen MR) is 82.0 cm³/mol. The van der Waals surface area contributed by atoms with Crippen LogP contribution in [0.2, 0.25) is 0 Å². The lowest BCUT2D eigenvalue weighted by molar-refractivity contribution is 0.420. The van der Waals surface area contributed by atoms with E-state index >= 15 is 0 Å². The monoisotopic (exact) mass is 345 g/mol. The van der Waals surface area contributed by atoms with Crippen molar-refractivity contribution in [1.29, 1.82) is 0 Å². The van der Waals surface area contributed by atoms with Crippen molar-refractivity contribution in [3.63, 3.8) is 0 Å². The van der Waals surface area contributed by atoms with Crippen molar-refractivity contribution in [3.05, 3.63) is 68.8 Å². The van der Waals surface area contributed by atoms with Gasteiger partial charge in [-0.2, -0.15) is 4.98 Å². The predicted octanol–water partition coefficient (Wildman–Crippen LogP) is 3.02. The summed E-state index contributed by atoms with van der Waals surface area (Å²) in [6.07, 6.45) is 1.70. The quantitative estimate of drug-likeness (QED) is 0.731. The molecule has 0 aliphatic rings. The zero-order valence-electron chi connectivity index (χ0n) is 11.3. The second-order valence-corrected chi connectivity index (χ2v) is 5.56. The first-order valence-electron chi connectivity index (χ1n) is 6.38. The van der Waals surface area contributed by atoms with Gasteiger partial charge in [-0.25, -0.2) is 0 Å². The van der Waals surface area contributed by atoms with E-state index in [0.29, 0.717) is 11.7 Å². The van der Waals surface area contributed by atoms with E-state index in [1.165, 1.54) is 10.6 Å². The molecule has 5 nitrogen and oxygen atoms in total. The van der Waals surface area contributed by atoms with Crippen LogP contribution in [-0.2, 0) is 6.54 Å². The summed E-state index contributed by atoms with van der Waals surface area (Å²) in [4.78, 5) is 16.1. The van der Waals surface area contributed by atoms with Crippen LogP contribution >= 0.6 is 15.9 Å². The van der Waals surface area contributed by atoms with Gasteiger partial charge in [0.25, 0.3) is 11.4 Å². The first kappa shape index (κ1) is 13.8. The van der Waals surface area contributed by atoms with E-state index in [-0.39, 0.29) is 12.1 Å². The van der Waals surface area contributed by atoms with Gasteiger partial charge in [-0.05, 0) is 40.5 Å². The summed E-state index contributed by atoms with van der Waals surface area (Å²) in [5, 5.41) is 3.94. The van der Waals surface area contributed by atoms with Crippen molar-refractivity contribution in [2.24, 2.45) is 0 Å². The lowest BCUT2D eigenvalue weighted by Gasteiger charge is -2.01. The molecule has 2 heterocycles. The molecule has 0 radical (unpaired) electrons. The summed E-state index contributed by atoms with van der Waals surface area (Å²) < 4.78 is 7.63. The Kier molecular flexibility index (Phi) is 3.70. The molecule has 0 bridgehead atoms. The fraction of sp³-hybridized carbons (Fsp3) is 0.133. The molecule has 0 fully saturated rings. The molecule has 3 rings (SSSR count). The van der Waals surface area contributed by atoms with Gasteiger partial charge in [-0.1, -0.05) is 23.4 Å². The summed E-state index contributed by atoms with van der Waals surface area (Å²) in [6, 6.07) is 11.0. The number of halogens is 1. The van der Waals surface area contributed by atoms with Crippen LogP contribution in [-0.4, -0.2) is 14.7 Å². The third-order valence-electron chi connectivity index (χ3n) is 3.10. The number of benzene rings is 1. The number of hydrogen-bond donors (Lipinski definition) is 0. The van der Waals surface area contributed by atoms with E-state index in [4.69, 9.17) is 4.52 Å². The second kappa shape index (κ2) is 5.65. The first-order valence-corrected chi connectivity index (χ1v) is 7.17. The summed E-state index contributed by atoms with van der Waals surface area (Å²) in [5.74, 6) is 0.930. The number of nitrogens with zero attached hydrogens (tertiary/aromatic N) is 3. The van der Waals surface area contributed by atoms with Crippen molar-refractivity contribution in [1.82, 2.24) is 14.7 Å². The molecule has 0 aliphatic carbocycles. The molecule has 3 aromatic rings. The molecule has 1 aromatic carbocycles. The minimum absolute atomic E-state index is 0.111. The number of aryl methyl sites for hydroxylation is 1. The molecule has 0 unspecified atom stereocenters. The van der Waals surface area contributed by atoms with E-state index in [2.05, 4.69) is 26.1 Å². The molecular formula is C15H12BrN3O2. The van der Waals surface area contributed by atoms with Gasteiger partial charge in [0.15, 0.2) is 5.82 Å². The Labute approximate surface area is 129 Å². The zero-order chi connectivity index (χ0) is 14.8. The van der Waals surface area contributed by atoms with Gasteiger partial charge in [0.05, 0.1) is 6.54 Å². The smallest absolute Gasteiger partial charge is 0.258 e. The van der Waals surface area contributed by atoms with Crippen LogP contribution in [0.15, 0.2) is 56.4 Å². The van der Waals surface area contributed by atoms with Crippen LogP contribution in [0, 0.1) is 6.92 Å². The number of rotatable bonds is 3. The van der Waals surface area contributed by atoms with Crippen LogP contribution in [0.1, 0.15) is 11.4 Å². The Bertz CT molecular complexity index is 839. The van der Waals surface area contributed by atoms with E-state index in [1.54, 1.807) is 12.3 Å². The van der Waals surface area contributed by atoms with Gasteiger partial charge in [0.2, 0.25) is 0 Å². The Balaban J connectivity index is 1.91. The van der Waals surface area contributed by atoms with Gasteiger partial charge >= 0.3 is 0 Å². The van der Waals surface area contributed by atoms with Gasteiger partial charge in [-0.3, -0.25) is 4.79 Å².